The third kappa shape index (κ3) is 0.525. The van der Waals surface area contributed by atoms with Gasteiger partial charge < -0.3 is 10.6 Å². The van der Waals surface area contributed by atoms with Crippen LogP contribution in [-0.2, 0) is 4.79 Å². The maximum absolute atomic E-state index is 10.9. The van der Waals surface area contributed by atoms with E-state index in [1.807, 2.05) is 0 Å². The number of rotatable bonds is 0. The van der Waals surface area contributed by atoms with E-state index in [0.29, 0.717) is 0 Å². The molecule has 0 aromatic carbocycles. The van der Waals surface area contributed by atoms with E-state index in [-0.39, 0.29) is 11.3 Å². The van der Waals surface area contributed by atoms with Crippen molar-refractivity contribution in [2.75, 3.05) is 19.6 Å². The van der Waals surface area contributed by atoms with E-state index in [0.717, 1.165) is 26.1 Å². The van der Waals surface area contributed by atoms with Gasteiger partial charge in [-0.05, 0) is 13.0 Å². The smallest absolute Gasteiger partial charge is 0.229 e. The second-order valence-electron chi connectivity index (χ2n) is 2.89. The summed E-state index contributed by atoms with van der Waals surface area (Å²) in [5.74, 6) is 0.243. The predicted molar refractivity (Wildman–Crippen MR) is 32.9 cm³/mol. The van der Waals surface area contributed by atoms with Crippen LogP contribution in [0, 0.1) is 5.41 Å². The molecule has 3 nitrogen and oxygen atoms in total. The minimum atomic E-state index is 0.0139. The molecule has 2 aliphatic heterocycles. The Bertz CT molecular complexity index is 149. The fourth-order valence-corrected chi connectivity index (χ4v) is 1.50. The Balaban J connectivity index is 2.14. The molecule has 9 heavy (non-hydrogen) atoms. The van der Waals surface area contributed by atoms with E-state index in [2.05, 4.69) is 10.6 Å². The number of carbonyl (C=O) groups excluding carboxylic acids is 1. The standard InChI is InChI=1S/C6H10N2O/c9-5-6(4-8-5)1-2-7-3-6/h7H,1-4H2,(H,8,9). The van der Waals surface area contributed by atoms with Crippen LogP contribution >= 0.6 is 0 Å². The fraction of sp³-hybridized carbons (Fsp3) is 0.833. The van der Waals surface area contributed by atoms with Crippen molar-refractivity contribution in [1.29, 1.82) is 0 Å². The van der Waals surface area contributed by atoms with Crippen LogP contribution < -0.4 is 10.6 Å². The number of hydrogen-bond acceptors (Lipinski definition) is 2. The summed E-state index contributed by atoms with van der Waals surface area (Å²) >= 11 is 0. The molecule has 1 amide bonds. The zero-order valence-corrected chi connectivity index (χ0v) is 5.24. The van der Waals surface area contributed by atoms with Gasteiger partial charge in [0.25, 0.3) is 0 Å². The molecule has 0 bridgehead atoms. The van der Waals surface area contributed by atoms with Crippen LogP contribution in [-0.4, -0.2) is 25.5 Å². The highest BCUT2D eigenvalue weighted by Crippen LogP contribution is 2.30. The SMILES string of the molecule is O=C1NCC12CCNC2. The normalized spacial score (nSPS) is 40.7. The van der Waals surface area contributed by atoms with Gasteiger partial charge in [0.05, 0.1) is 5.41 Å². The van der Waals surface area contributed by atoms with Gasteiger partial charge >= 0.3 is 0 Å². The minimum absolute atomic E-state index is 0.0139. The lowest BCUT2D eigenvalue weighted by atomic mass is 9.80. The highest BCUT2D eigenvalue weighted by atomic mass is 16.2. The second-order valence-corrected chi connectivity index (χ2v) is 2.89. The van der Waals surface area contributed by atoms with Gasteiger partial charge in [-0.25, -0.2) is 0 Å². The third-order valence-corrected chi connectivity index (χ3v) is 2.31. The number of nitrogens with one attached hydrogen (secondary N) is 2. The van der Waals surface area contributed by atoms with E-state index < -0.39 is 0 Å². The van der Waals surface area contributed by atoms with Crippen molar-refractivity contribution < 1.29 is 4.79 Å². The zero-order chi connectivity index (χ0) is 6.32. The second kappa shape index (κ2) is 1.48. The Morgan fingerprint density at radius 1 is 1.44 bits per heavy atom. The first-order chi connectivity index (χ1) is 4.33. The quantitative estimate of drug-likeness (QED) is 0.413. The number of amides is 1. The van der Waals surface area contributed by atoms with Crippen LogP contribution in [0.1, 0.15) is 6.42 Å². The monoisotopic (exact) mass is 126 g/mol. The first-order valence-electron chi connectivity index (χ1n) is 3.33. The van der Waals surface area contributed by atoms with Crippen molar-refractivity contribution in [2.45, 2.75) is 6.42 Å². The average Bonchev–Trinajstić information content (AvgIpc) is 2.34. The zero-order valence-electron chi connectivity index (χ0n) is 5.24. The molecule has 1 atom stereocenters. The van der Waals surface area contributed by atoms with Crippen LogP contribution in [0.5, 0.6) is 0 Å². The molecular weight excluding hydrogens is 116 g/mol. The molecule has 2 fully saturated rings. The highest BCUT2D eigenvalue weighted by molar-refractivity contribution is 5.89. The topological polar surface area (TPSA) is 41.1 Å². The predicted octanol–water partition coefficient (Wildman–Crippen LogP) is -0.904. The number of carbonyl (C=O) groups is 1. The van der Waals surface area contributed by atoms with Crippen molar-refractivity contribution in [3.8, 4) is 0 Å². The molecule has 3 heteroatoms. The van der Waals surface area contributed by atoms with E-state index in [1.54, 1.807) is 0 Å². The first kappa shape index (κ1) is 5.23. The molecule has 50 valence electrons. The highest BCUT2D eigenvalue weighted by Gasteiger charge is 2.47. The van der Waals surface area contributed by atoms with Gasteiger partial charge in [0.1, 0.15) is 0 Å². The van der Waals surface area contributed by atoms with Crippen LogP contribution in [0.2, 0.25) is 0 Å². The largest absolute Gasteiger partial charge is 0.354 e. The molecule has 0 saturated carbocycles. The molecule has 2 heterocycles. The summed E-state index contributed by atoms with van der Waals surface area (Å²) in [6, 6.07) is 0. The van der Waals surface area contributed by atoms with E-state index in [4.69, 9.17) is 0 Å². The molecular formula is C6H10N2O. The summed E-state index contributed by atoms with van der Waals surface area (Å²) in [5, 5.41) is 5.95. The lowest BCUT2D eigenvalue weighted by Gasteiger charge is -2.36. The molecule has 0 aliphatic carbocycles. The molecule has 2 rings (SSSR count). The van der Waals surface area contributed by atoms with Crippen molar-refractivity contribution in [2.24, 2.45) is 5.41 Å². The van der Waals surface area contributed by atoms with Crippen LogP contribution in [0.4, 0.5) is 0 Å². The van der Waals surface area contributed by atoms with E-state index in [9.17, 15) is 4.79 Å². The lowest BCUT2D eigenvalue weighted by Crippen LogP contribution is -2.59. The Kier molecular flexibility index (Phi) is 0.858. The van der Waals surface area contributed by atoms with Gasteiger partial charge in [-0.1, -0.05) is 0 Å². The molecule has 2 saturated heterocycles. The van der Waals surface area contributed by atoms with Crippen LogP contribution in [0.3, 0.4) is 0 Å². The summed E-state index contributed by atoms with van der Waals surface area (Å²) in [6.45, 7) is 2.78. The summed E-state index contributed by atoms with van der Waals surface area (Å²) in [6.07, 6.45) is 1.03. The van der Waals surface area contributed by atoms with E-state index >= 15 is 0 Å². The maximum atomic E-state index is 10.9. The summed E-state index contributed by atoms with van der Waals surface area (Å²) in [7, 11) is 0. The Labute approximate surface area is 53.8 Å². The van der Waals surface area contributed by atoms with Gasteiger partial charge in [-0.3, -0.25) is 4.79 Å². The number of β-lactam (4-membered cyclic amide) rings is 1. The van der Waals surface area contributed by atoms with E-state index in [1.165, 1.54) is 0 Å². The Morgan fingerprint density at radius 2 is 2.33 bits per heavy atom. The van der Waals surface area contributed by atoms with Gasteiger partial charge in [-0.2, -0.15) is 0 Å². The first-order valence-corrected chi connectivity index (χ1v) is 3.33. The van der Waals surface area contributed by atoms with Crippen molar-refractivity contribution >= 4 is 5.91 Å². The van der Waals surface area contributed by atoms with Crippen molar-refractivity contribution in [1.82, 2.24) is 10.6 Å². The summed E-state index contributed by atoms with van der Waals surface area (Å²) in [4.78, 5) is 10.9. The summed E-state index contributed by atoms with van der Waals surface area (Å²) in [5.41, 5.74) is 0.0139. The van der Waals surface area contributed by atoms with Crippen molar-refractivity contribution in [3.63, 3.8) is 0 Å². The minimum Gasteiger partial charge on any atom is -0.354 e. The molecule has 0 radical (unpaired) electrons. The lowest BCUT2D eigenvalue weighted by molar-refractivity contribution is -0.138. The average molecular weight is 126 g/mol. The molecule has 2 aliphatic rings. The van der Waals surface area contributed by atoms with Crippen molar-refractivity contribution in [3.05, 3.63) is 0 Å². The molecule has 1 spiro atoms. The molecule has 1 unspecified atom stereocenters. The molecule has 2 N–H and O–H groups in total. The molecule has 0 aromatic rings. The maximum Gasteiger partial charge on any atom is 0.229 e. The fourth-order valence-electron chi connectivity index (χ4n) is 1.50. The third-order valence-electron chi connectivity index (χ3n) is 2.31. The Morgan fingerprint density at radius 3 is 2.56 bits per heavy atom. The molecule has 0 aromatic heterocycles. The van der Waals surface area contributed by atoms with Gasteiger partial charge in [0.15, 0.2) is 0 Å². The summed E-state index contributed by atoms with van der Waals surface area (Å²) < 4.78 is 0. The van der Waals surface area contributed by atoms with Gasteiger partial charge in [0, 0.05) is 13.1 Å². The Hall–Kier alpha value is -0.570. The van der Waals surface area contributed by atoms with Crippen LogP contribution in [0.25, 0.3) is 0 Å². The number of hydrogen-bond donors (Lipinski definition) is 2. The van der Waals surface area contributed by atoms with Gasteiger partial charge in [-0.15, -0.1) is 0 Å². The van der Waals surface area contributed by atoms with Crippen LogP contribution in [0.15, 0.2) is 0 Å². The van der Waals surface area contributed by atoms with Gasteiger partial charge in [0.2, 0.25) is 5.91 Å².